The van der Waals surface area contributed by atoms with Gasteiger partial charge in [-0.15, -0.1) is 0 Å². The number of rotatable bonds is 6. The SMILES string of the molecule is CC(C#COC(=O)Nc1cccc(Cl)c1)OC(=O)c1cc(Oc2ccc(C(F)(F)F)cc2Cl)ccc1[N+](=O)[O-]. The Morgan fingerprint density at radius 3 is 2.46 bits per heavy atom. The number of hydrogen-bond acceptors (Lipinski definition) is 7. The Labute approximate surface area is 228 Å². The summed E-state index contributed by atoms with van der Waals surface area (Å²) in [5, 5.41) is 13.8. The minimum absolute atomic E-state index is 0.144. The van der Waals surface area contributed by atoms with Gasteiger partial charge in [-0.25, -0.2) is 9.59 Å². The fourth-order valence-corrected chi connectivity index (χ4v) is 3.32. The first-order valence-electron chi connectivity index (χ1n) is 10.6. The molecular formula is C25H15Cl2F3N2O7. The molecule has 0 bridgehead atoms. The van der Waals surface area contributed by atoms with Gasteiger partial charge in [-0.2, -0.15) is 13.2 Å². The molecule has 1 amide bonds. The molecule has 0 aliphatic rings. The van der Waals surface area contributed by atoms with E-state index in [2.05, 4.69) is 22.1 Å². The molecule has 202 valence electrons. The van der Waals surface area contributed by atoms with Crippen LogP contribution in [-0.4, -0.2) is 23.1 Å². The van der Waals surface area contributed by atoms with E-state index in [9.17, 15) is 32.9 Å². The van der Waals surface area contributed by atoms with Crippen LogP contribution in [0.1, 0.15) is 22.8 Å². The van der Waals surface area contributed by atoms with Crippen molar-refractivity contribution in [3.05, 3.63) is 92.0 Å². The third kappa shape index (κ3) is 8.26. The quantitative estimate of drug-likeness (QED) is 0.139. The molecule has 3 aromatic carbocycles. The largest absolute Gasteiger partial charge is 0.456 e. The van der Waals surface area contributed by atoms with E-state index in [4.69, 9.17) is 32.7 Å². The number of amides is 1. The Bertz CT molecular complexity index is 1490. The highest BCUT2D eigenvalue weighted by Gasteiger charge is 2.31. The molecule has 0 saturated carbocycles. The van der Waals surface area contributed by atoms with Gasteiger partial charge in [0.15, 0.2) is 6.10 Å². The number of nitrogens with zero attached hydrogens (tertiary/aromatic N) is 1. The zero-order valence-electron chi connectivity index (χ0n) is 19.5. The van der Waals surface area contributed by atoms with Crippen molar-refractivity contribution < 1.29 is 41.9 Å². The topological polar surface area (TPSA) is 117 Å². The number of anilines is 1. The number of halogens is 5. The molecule has 3 rings (SSSR count). The summed E-state index contributed by atoms with van der Waals surface area (Å²) in [7, 11) is 0. The third-order valence-electron chi connectivity index (χ3n) is 4.63. The van der Waals surface area contributed by atoms with E-state index in [0.717, 1.165) is 30.3 Å². The summed E-state index contributed by atoms with van der Waals surface area (Å²) in [4.78, 5) is 35.0. The maximum absolute atomic E-state index is 12.9. The highest BCUT2D eigenvalue weighted by Crippen LogP contribution is 2.37. The van der Waals surface area contributed by atoms with E-state index in [1.807, 2.05) is 0 Å². The summed E-state index contributed by atoms with van der Waals surface area (Å²) in [6.07, 6.45) is -4.69. The summed E-state index contributed by atoms with van der Waals surface area (Å²) in [5.41, 5.74) is -1.83. The van der Waals surface area contributed by atoms with Crippen molar-refractivity contribution in [1.29, 1.82) is 0 Å². The highest BCUT2D eigenvalue weighted by molar-refractivity contribution is 6.32. The van der Waals surface area contributed by atoms with Crippen LogP contribution in [0.5, 0.6) is 11.5 Å². The molecule has 1 N–H and O–H groups in total. The molecule has 0 aromatic heterocycles. The second-order valence-electron chi connectivity index (χ2n) is 7.50. The average Bonchev–Trinajstić information content (AvgIpc) is 2.84. The molecule has 0 heterocycles. The molecule has 1 unspecified atom stereocenters. The summed E-state index contributed by atoms with van der Waals surface area (Å²) >= 11 is 11.7. The molecule has 0 aliphatic carbocycles. The number of nitrogens with one attached hydrogen (secondary N) is 1. The van der Waals surface area contributed by atoms with Gasteiger partial charge in [0.1, 0.15) is 23.2 Å². The van der Waals surface area contributed by atoms with Crippen molar-refractivity contribution in [3.8, 4) is 23.5 Å². The van der Waals surface area contributed by atoms with Crippen LogP contribution in [0.2, 0.25) is 10.0 Å². The summed E-state index contributed by atoms with van der Waals surface area (Å²) in [6, 6.07) is 11.6. The van der Waals surface area contributed by atoms with Crippen molar-refractivity contribution in [2.75, 3.05) is 5.32 Å². The second kappa shape index (κ2) is 12.4. The number of nitro groups is 1. The molecule has 0 spiro atoms. The number of carbonyl (C=O) groups excluding carboxylic acids is 2. The van der Waals surface area contributed by atoms with Crippen molar-refractivity contribution in [2.24, 2.45) is 0 Å². The summed E-state index contributed by atoms with van der Waals surface area (Å²) in [5.74, 6) is 0.822. The first kappa shape index (κ1) is 29.1. The van der Waals surface area contributed by atoms with Crippen molar-refractivity contribution in [1.82, 2.24) is 0 Å². The van der Waals surface area contributed by atoms with Crippen LogP contribution >= 0.6 is 23.2 Å². The minimum atomic E-state index is -4.63. The Morgan fingerprint density at radius 1 is 1.08 bits per heavy atom. The molecule has 39 heavy (non-hydrogen) atoms. The van der Waals surface area contributed by atoms with Crippen LogP contribution in [0.25, 0.3) is 0 Å². The van der Waals surface area contributed by atoms with E-state index in [1.165, 1.54) is 13.0 Å². The first-order valence-corrected chi connectivity index (χ1v) is 11.4. The predicted molar refractivity (Wildman–Crippen MR) is 134 cm³/mol. The van der Waals surface area contributed by atoms with E-state index in [1.54, 1.807) is 18.2 Å². The zero-order valence-corrected chi connectivity index (χ0v) is 21.1. The summed E-state index contributed by atoms with van der Waals surface area (Å²) < 4.78 is 53.7. The number of nitro benzene ring substituents is 1. The van der Waals surface area contributed by atoms with Crippen LogP contribution in [-0.2, 0) is 15.7 Å². The van der Waals surface area contributed by atoms with Crippen molar-refractivity contribution >= 4 is 46.6 Å². The summed E-state index contributed by atoms with van der Waals surface area (Å²) in [6.45, 7) is 1.32. The van der Waals surface area contributed by atoms with Gasteiger partial charge in [0.05, 0.1) is 15.5 Å². The first-order chi connectivity index (χ1) is 18.3. The standard InChI is InChI=1S/C25H15Cl2F3N2O7/c1-14(9-10-37-24(34)31-17-4-2-3-16(26)12-17)38-23(33)19-13-18(6-7-21(19)32(35)36)39-22-8-5-15(11-20(22)27)25(28,29)30/h2-8,11-14H,1H3,(H,31,34). The van der Waals surface area contributed by atoms with Gasteiger partial charge in [-0.3, -0.25) is 15.4 Å². The Balaban J connectivity index is 1.70. The van der Waals surface area contributed by atoms with E-state index in [-0.39, 0.29) is 16.5 Å². The van der Waals surface area contributed by atoms with Crippen LogP contribution in [0, 0.1) is 22.1 Å². The Kier molecular flexibility index (Phi) is 9.24. The maximum atomic E-state index is 12.9. The molecule has 0 aliphatic heterocycles. The number of hydrogen-bond donors (Lipinski definition) is 1. The van der Waals surface area contributed by atoms with Crippen LogP contribution in [0.15, 0.2) is 60.7 Å². The van der Waals surface area contributed by atoms with Gasteiger partial charge in [0.2, 0.25) is 0 Å². The van der Waals surface area contributed by atoms with Gasteiger partial charge in [-0.05, 0) is 55.3 Å². The fraction of sp³-hybridized carbons (Fsp3) is 0.120. The van der Waals surface area contributed by atoms with E-state index in [0.29, 0.717) is 16.8 Å². The number of carbonyl (C=O) groups is 2. The molecular weight excluding hydrogens is 568 g/mol. The second-order valence-corrected chi connectivity index (χ2v) is 8.34. The van der Waals surface area contributed by atoms with Crippen LogP contribution in [0.3, 0.4) is 0 Å². The highest BCUT2D eigenvalue weighted by atomic mass is 35.5. The lowest BCUT2D eigenvalue weighted by molar-refractivity contribution is -0.385. The van der Waals surface area contributed by atoms with Crippen LogP contribution in [0.4, 0.5) is 29.3 Å². The number of ether oxygens (including phenoxy) is 3. The van der Waals surface area contributed by atoms with Crippen LogP contribution < -0.4 is 10.1 Å². The molecule has 14 heteroatoms. The van der Waals surface area contributed by atoms with Crippen molar-refractivity contribution in [3.63, 3.8) is 0 Å². The number of benzene rings is 3. The smallest absolute Gasteiger partial charge is 0.425 e. The van der Waals surface area contributed by atoms with Gasteiger partial charge in [0, 0.05) is 22.8 Å². The lowest BCUT2D eigenvalue weighted by Gasteiger charge is -2.12. The number of esters is 1. The number of alkyl halides is 3. The van der Waals surface area contributed by atoms with Gasteiger partial charge in [-0.1, -0.05) is 29.3 Å². The molecule has 1 atom stereocenters. The van der Waals surface area contributed by atoms with Crippen molar-refractivity contribution in [2.45, 2.75) is 19.2 Å². The predicted octanol–water partition coefficient (Wildman–Crippen LogP) is 7.47. The average molecular weight is 583 g/mol. The van der Waals surface area contributed by atoms with E-state index < -0.39 is 46.1 Å². The molecule has 0 radical (unpaired) electrons. The fourth-order valence-electron chi connectivity index (χ4n) is 2.91. The van der Waals surface area contributed by atoms with Gasteiger partial charge < -0.3 is 14.2 Å². The molecule has 0 saturated heterocycles. The normalized spacial score (nSPS) is 11.4. The Morgan fingerprint density at radius 2 is 1.82 bits per heavy atom. The zero-order chi connectivity index (χ0) is 28.7. The lowest BCUT2D eigenvalue weighted by Crippen LogP contribution is -2.15. The van der Waals surface area contributed by atoms with Gasteiger partial charge in [0.25, 0.3) is 5.69 Å². The monoisotopic (exact) mass is 582 g/mol. The Hall–Kier alpha value is -4.47. The van der Waals surface area contributed by atoms with Gasteiger partial charge >= 0.3 is 18.2 Å². The minimum Gasteiger partial charge on any atom is -0.456 e. The molecule has 0 fully saturated rings. The lowest BCUT2D eigenvalue weighted by atomic mass is 10.1. The third-order valence-corrected chi connectivity index (χ3v) is 5.16. The maximum Gasteiger partial charge on any atom is 0.425 e. The van der Waals surface area contributed by atoms with E-state index >= 15 is 0 Å². The molecule has 3 aromatic rings. The molecule has 9 nitrogen and oxygen atoms in total.